The van der Waals surface area contributed by atoms with Crippen LogP contribution in [-0.2, 0) is 4.74 Å². The fourth-order valence-electron chi connectivity index (χ4n) is 4.14. The van der Waals surface area contributed by atoms with Crippen molar-refractivity contribution in [3.63, 3.8) is 0 Å². The van der Waals surface area contributed by atoms with Crippen molar-refractivity contribution in [2.75, 3.05) is 32.8 Å². The van der Waals surface area contributed by atoms with E-state index in [1.165, 1.54) is 0 Å². The van der Waals surface area contributed by atoms with Crippen molar-refractivity contribution in [1.82, 2.24) is 19.8 Å². The van der Waals surface area contributed by atoms with Crippen molar-refractivity contribution in [3.05, 3.63) is 96.3 Å². The first-order chi connectivity index (χ1) is 15.8. The van der Waals surface area contributed by atoms with Gasteiger partial charge in [0.05, 0.1) is 30.3 Å². The molecule has 6 nitrogen and oxygen atoms in total. The van der Waals surface area contributed by atoms with Crippen LogP contribution in [0.15, 0.2) is 85.2 Å². The summed E-state index contributed by atoms with van der Waals surface area (Å²) < 4.78 is 7.50. The maximum atomic E-state index is 13.1. The Morgan fingerprint density at radius 3 is 2.44 bits per heavy atom. The number of fused-ring (bicyclic) bond motifs is 1. The van der Waals surface area contributed by atoms with Crippen LogP contribution in [0.3, 0.4) is 0 Å². The molecule has 0 spiro atoms. The number of imidazole rings is 1. The number of nitrogens with one attached hydrogen (secondary N) is 1. The zero-order chi connectivity index (χ0) is 21.8. The number of hydrogen-bond acceptors (Lipinski definition) is 4. The summed E-state index contributed by atoms with van der Waals surface area (Å²) in [6.07, 6.45) is 1.81. The van der Waals surface area contributed by atoms with E-state index >= 15 is 0 Å². The van der Waals surface area contributed by atoms with E-state index in [2.05, 4.69) is 27.3 Å². The molecule has 1 aromatic heterocycles. The van der Waals surface area contributed by atoms with Crippen molar-refractivity contribution in [1.29, 1.82) is 0 Å². The molecule has 162 valence electrons. The van der Waals surface area contributed by atoms with Crippen LogP contribution in [-0.4, -0.2) is 53.2 Å². The normalized spacial score (nSPS) is 15.5. The second-order valence-corrected chi connectivity index (χ2v) is 8.00. The fourth-order valence-corrected chi connectivity index (χ4v) is 4.14. The summed E-state index contributed by atoms with van der Waals surface area (Å²) in [6.45, 7) is 4.00. The third kappa shape index (κ3) is 4.42. The van der Waals surface area contributed by atoms with Crippen LogP contribution >= 0.6 is 0 Å². The van der Waals surface area contributed by atoms with Crippen molar-refractivity contribution < 1.29 is 9.53 Å². The van der Waals surface area contributed by atoms with Gasteiger partial charge in [-0.1, -0.05) is 42.5 Å². The number of amides is 1. The van der Waals surface area contributed by atoms with Gasteiger partial charge in [-0.2, -0.15) is 0 Å². The molecule has 0 bridgehead atoms. The molecule has 3 aromatic carbocycles. The molecule has 1 aliphatic rings. The quantitative estimate of drug-likeness (QED) is 0.509. The van der Waals surface area contributed by atoms with Crippen molar-refractivity contribution >= 4 is 16.9 Å². The van der Waals surface area contributed by atoms with Gasteiger partial charge in [0.2, 0.25) is 0 Å². The largest absolute Gasteiger partial charge is 0.379 e. The Bertz CT molecular complexity index is 1180. The summed E-state index contributed by atoms with van der Waals surface area (Å²) in [5.74, 6) is -0.0749. The number of rotatable bonds is 6. The molecule has 1 saturated heterocycles. The molecule has 6 heteroatoms. The Hall–Kier alpha value is -3.48. The maximum Gasteiger partial charge on any atom is 0.251 e. The highest BCUT2D eigenvalue weighted by Gasteiger charge is 2.20. The smallest absolute Gasteiger partial charge is 0.251 e. The standard InChI is InChI=1S/C26H26N4O2/c31-26(28-24(20-6-2-1-3-7-20)18-29-14-16-32-17-15-29)21-10-12-22(13-11-21)30-19-27-23-8-4-5-9-25(23)30/h1-13,19,24H,14-18H2,(H,28,31)/t24-/m1/s1. The number of morpholine rings is 1. The number of carbonyl (C=O) groups excluding carboxylic acids is 1. The van der Waals surface area contributed by atoms with E-state index in [9.17, 15) is 4.79 Å². The van der Waals surface area contributed by atoms with E-state index in [1.807, 2.05) is 77.6 Å². The number of nitrogens with zero attached hydrogens (tertiary/aromatic N) is 3. The molecular formula is C26H26N4O2. The highest BCUT2D eigenvalue weighted by Crippen LogP contribution is 2.20. The van der Waals surface area contributed by atoms with Crippen LogP contribution in [0, 0.1) is 0 Å². The SMILES string of the molecule is O=C(N[C@H](CN1CCOCC1)c1ccccc1)c1ccc(-n2cnc3ccccc32)cc1. The lowest BCUT2D eigenvalue weighted by Gasteiger charge is -2.31. The first kappa shape index (κ1) is 20.4. The number of para-hydroxylation sites is 2. The summed E-state index contributed by atoms with van der Waals surface area (Å²) in [5, 5.41) is 3.24. The van der Waals surface area contributed by atoms with Crippen molar-refractivity contribution in [2.45, 2.75) is 6.04 Å². The molecule has 32 heavy (non-hydrogen) atoms. The molecule has 0 unspecified atom stereocenters. The van der Waals surface area contributed by atoms with E-state index in [0.717, 1.165) is 55.1 Å². The Balaban J connectivity index is 1.34. The topological polar surface area (TPSA) is 59.4 Å². The molecule has 1 amide bonds. The lowest BCUT2D eigenvalue weighted by molar-refractivity contribution is 0.0332. The molecule has 2 heterocycles. The molecule has 0 saturated carbocycles. The van der Waals surface area contributed by atoms with Crippen LogP contribution < -0.4 is 5.32 Å². The minimum absolute atomic E-state index is 0.0749. The molecule has 0 aliphatic carbocycles. The van der Waals surface area contributed by atoms with E-state index in [0.29, 0.717) is 5.56 Å². The van der Waals surface area contributed by atoms with Gasteiger partial charge in [-0.05, 0) is 42.0 Å². The predicted molar refractivity (Wildman–Crippen MR) is 125 cm³/mol. The van der Waals surface area contributed by atoms with Crippen LogP contribution in [0.5, 0.6) is 0 Å². The van der Waals surface area contributed by atoms with Crippen molar-refractivity contribution in [2.24, 2.45) is 0 Å². The Labute approximate surface area is 187 Å². The molecule has 5 rings (SSSR count). The number of benzene rings is 3. The van der Waals surface area contributed by atoms with Gasteiger partial charge in [-0.15, -0.1) is 0 Å². The van der Waals surface area contributed by atoms with Crippen LogP contribution in [0.2, 0.25) is 0 Å². The first-order valence-corrected chi connectivity index (χ1v) is 11.0. The van der Waals surface area contributed by atoms with Gasteiger partial charge >= 0.3 is 0 Å². The summed E-state index contributed by atoms with van der Waals surface area (Å²) in [4.78, 5) is 19.9. The van der Waals surface area contributed by atoms with Gasteiger partial charge < -0.3 is 10.1 Å². The Kier molecular flexibility index (Phi) is 5.96. The number of hydrogen-bond donors (Lipinski definition) is 1. The van der Waals surface area contributed by atoms with Crippen LogP contribution in [0.1, 0.15) is 22.0 Å². The van der Waals surface area contributed by atoms with E-state index in [-0.39, 0.29) is 11.9 Å². The van der Waals surface area contributed by atoms with E-state index in [1.54, 1.807) is 0 Å². The van der Waals surface area contributed by atoms with Crippen LogP contribution in [0.25, 0.3) is 16.7 Å². The van der Waals surface area contributed by atoms with Crippen molar-refractivity contribution in [3.8, 4) is 5.69 Å². The molecule has 1 fully saturated rings. The summed E-state index contributed by atoms with van der Waals surface area (Å²) in [7, 11) is 0. The van der Waals surface area contributed by atoms with Gasteiger partial charge in [-0.3, -0.25) is 14.3 Å². The lowest BCUT2D eigenvalue weighted by atomic mass is 10.1. The third-order valence-corrected chi connectivity index (χ3v) is 5.91. The maximum absolute atomic E-state index is 13.1. The molecule has 1 aliphatic heterocycles. The highest BCUT2D eigenvalue weighted by molar-refractivity contribution is 5.94. The molecular weight excluding hydrogens is 400 g/mol. The Morgan fingerprint density at radius 1 is 0.938 bits per heavy atom. The zero-order valence-corrected chi connectivity index (χ0v) is 17.9. The third-order valence-electron chi connectivity index (χ3n) is 5.91. The minimum Gasteiger partial charge on any atom is -0.379 e. The molecule has 1 atom stereocenters. The van der Waals surface area contributed by atoms with E-state index < -0.39 is 0 Å². The average Bonchev–Trinajstić information content (AvgIpc) is 3.29. The van der Waals surface area contributed by atoms with Gasteiger partial charge in [0.15, 0.2) is 0 Å². The molecule has 0 radical (unpaired) electrons. The average molecular weight is 427 g/mol. The van der Waals surface area contributed by atoms with Gasteiger partial charge in [-0.25, -0.2) is 4.98 Å². The van der Waals surface area contributed by atoms with Crippen LogP contribution in [0.4, 0.5) is 0 Å². The Morgan fingerprint density at radius 2 is 1.66 bits per heavy atom. The first-order valence-electron chi connectivity index (χ1n) is 11.0. The zero-order valence-electron chi connectivity index (χ0n) is 17.9. The highest BCUT2D eigenvalue weighted by atomic mass is 16.5. The number of carbonyl (C=O) groups is 1. The molecule has 4 aromatic rings. The molecule has 1 N–H and O–H groups in total. The summed E-state index contributed by atoms with van der Waals surface area (Å²) >= 11 is 0. The lowest BCUT2D eigenvalue weighted by Crippen LogP contribution is -2.43. The summed E-state index contributed by atoms with van der Waals surface area (Å²) in [5.41, 5.74) is 4.71. The number of aromatic nitrogens is 2. The monoisotopic (exact) mass is 426 g/mol. The minimum atomic E-state index is -0.0842. The van der Waals surface area contributed by atoms with Gasteiger partial charge in [0.25, 0.3) is 5.91 Å². The predicted octanol–water partition coefficient (Wildman–Crippen LogP) is 3.83. The second-order valence-electron chi connectivity index (χ2n) is 8.00. The fraction of sp³-hybridized carbons (Fsp3) is 0.231. The van der Waals surface area contributed by atoms with Gasteiger partial charge in [0.1, 0.15) is 6.33 Å². The second kappa shape index (κ2) is 9.34. The summed E-state index contributed by atoms with van der Waals surface area (Å²) in [6, 6.07) is 25.7. The number of ether oxygens (including phenoxy) is 1. The van der Waals surface area contributed by atoms with E-state index in [4.69, 9.17) is 4.74 Å². The van der Waals surface area contributed by atoms with Gasteiger partial charge in [0, 0.05) is 30.9 Å².